The first-order valence-corrected chi connectivity index (χ1v) is 49.2. The van der Waals surface area contributed by atoms with Crippen molar-refractivity contribution in [1.29, 1.82) is 0 Å². The molecule has 2 fully saturated rings. The highest BCUT2D eigenvalue weighted by Gasteiger charge is 2.47. The predicted octanol–water partition coefficient (Wildman–Crippen LogP) is 13.1. The highest BCUT2D eigenvalue weighted by molar-refractivity contribution is 7.09. The van der Waals surface area contributed by atoms with E-state index in [1.165, 1.54) is 22.7 Å². The molecule has 0 unspecified atom stereocenters. The van der Waals surface area contributed by atoms with Crippen LogP contribution in [0.15, 0.2) is 83.8 Å². The summed E-state index contributed by atoms with van der Waals surface area (Å²) in [6.45, 7) is 41.2. The molecule has 133 heavy (non-hydrogen) atoms. The summed E-state index contributed by atoms with van der Waals surface area (Å²) in [4.78, 5) is 157. The summed E-state index contributed by atoms with van der Waals surface area (Å²) in [5, 5.41) is 23.7. The third kappa shape index (κ3) is 38.0. The number of aromatic nitrogens is 2. The Labute approximate surface area is 801 Å². The number of ketones is 1. The van der Waals surface area contributed by atoms with Gasteiger partial charge in [-0.3, -0.25) is 53.0 Å². The highest BCUT2D eigenvalue weighted by Crippen LogP contribution is 2.35. The van der Waals surface area contributed by atoms with E-state index in [4.69, 9.17) is 48.8 Å². The van der Waals surface area contributed by atoms with Crippen LogP contribution in [0.5, 0.6) is 0 Å². The number of alkyl carbamates (subject to hydrolysis) is 1. The third-order valence-corrected chi connectivity index (χ3v) is 26.9. The Morgan fingerprint density at radius 1 is 0.534 bits per heavy atom. The van der Waals surface area contributed by atoms with Gasteiger partial charge >= 0.3 is 18.2 Å². The Morgan fingerprint density at radius 2 is 0.947 bits per heavy atom. The number of rotatable bonds is 52. The van der Waals surface area contributed by atoms with E-state index in [0.717, 1.165) is 53.2 Å². The maximum atomic E-state index is 14.7. The molecule has 0 saturated carbocycles. The molecule has 752 valence electrons. The number of likely N-dealkylation sites (N-methyl/N-ethyl adjacent to an activating group) is 4. The number of likely N-dealkylation sites (tertiary alicyclic amines) is 2. The predicted molar refractivity (Wildman–Crippen MR) is 520 cm³/mol. The average Bonchev–Trinajstić information content (AvgIpc) is 1.77. The Balaban J connectivity index is 0.000000480. The van der Waals surface area contributed by atoms with Crippen molar-refractivity contribution in [2.24, 2.45) is 59.0 Å². The Bertz CT molecular complexity index is 4090. The minimum Gasteiger partial charge on any atom is -0.480 e. The van der Waals surface area contributed by atoms with Gasteiger partial charge in [0, 0.05) is 111 Å². The standard InChI is InChI=1S/C51H84N6O9S.C35H55N5O5S.C13H26N2O5/c1-15-35(6)45(56(12)49(61)38(33(2)3)31-41(58)44(34(4)5)55(11)26-28-65-27-23-53-50(62)66-51(8,9)10)42(63-13)32-43(59)57-25-19-22-40(57)46(64-14)36(7)47(60)54-39(48-52-24-29-67-48)30-37-20-17-16-18-21-37;1-9-23(4)31(39(6)35(43)30(36)22(2)3)28(44-7)21-29(41)40-18-13-16-27(40)32(45-8)24(5)33(42)38-26(34-37-17-19-46-34)20-25-14-11-10-12-15-25;1-9(2)10(11(16)17)15(6)7-8-19-14-12(18)20-13(3,4)5/h16-18,20-21,24,29,33-36,38-40,42,44-46H,15,19,22-23,25-28,30-32H2,1-14H3,(H,53,62)(H,54,60);10-12,14-15,17,19,22-24,26-28,30-32H,9,13,16,18,20-21,36H2,1-8H3,(H,38,42);9-10H,7-8H2,1-6H3,(H,14,18)(H,16,17)/t35-,36+,38-,39-,40-,42+,44-,45-,46+;23-,24+,26-,27-,28+,30-,31-,32+;10-/m000/s1. The minimum absolute atomic E-state index is 0.0131. The molecule has 2 aliphatic rings. The summed E-state index contributed by atoms with van der Waals surface area (Å²) in [5.41, 5.74) is 9.41. The van der Waals surface area contributed by atoms with E-state index in [0.29, 0.717) is 65.2 Å². The van der Waals surface area contributed by atoms with Crippen LogP contribution in [-0.4, -0.2) is 291 Å². The van der Waals surface area contributed by atoms with Crippen LogP contribution in [0.1, 0.15) is 229 Å². The summed E-state index contributed by atoms with van der Waals surface area (Å²) in [6, 6.07) is 16.4. The van der Waals surface area contributed by atoms with Gasteiger partial charge in [-0.25, -0.2) is 19.6 Å². The summed E-state index contributed by atoms with van der Waals surface area (Å²) >= 11 is 3.01. The molecule has 7 N–H and O–H groups in total. The first-order valence-electron chi connectivity index (χ1n) is 47.4. The van der Waals surface area contributed by atoms with Crippen molar-refractivity contribution in [2.45, 2.75) is 299 Å². The summed E-state index contributed by atoms with van der Waals surface area (Å²) < 4.78 is 40.1. The molecule has 4 aromatic rings. The number of benzene rings is 2. The molecule has 4 heterocycles. The van der Waals surface area contributed by atoms with Gasteiger partial charge in [-0.1, -0.05) is 170 Å². The van der Waals surface area contributed by atoms with Gasteiger partial charge in [-0.15, -0.1) is 22.7 Å². The van der Waals surface area contributed by atoms with Crippen LogP contribution in [0, 0.1) is 53.3 Å². The van der Waals surface area contributed by atoms with Gasteiger partial charge in [0.15, 0.2) is 5.78 Å². The molecule has 2 aliphatic heterocycles. The van der Waals surface area contributed by atoms with Crippen molar-refractivity contribution >= 4 is 82.1 Å². The number of ether oxygens (including phenoxy) is 7. The number of Topliss-reactive ketones (excluding diaryl/α,β-unsaturated/α-hetero) is 1. The lowest BCUT2D eigenvalue weighted by atomic mass is 9.83. The third-order valence-electron chi connectivity index (χ3n) is 25.2. The Kier molecular flexibility index (Phi) is 51.5. The number of carboxylic acids is 1. The molecule has 18 atom stereocenters. The molecule has 8 amide bonds. The fraction of sp³-hybridized carbons (Fsp3) is 0.717. The number of hydrogen-bond acceptors (Lipinski definition) is 25. The topological polar surface area (TPSA) is 384 Å². The second kappa shape index (κ2) is 58.4. The molecular formula is C99H165N13O19S2. The van der Waals surface area contributed by atoms with E-state index in [-0.39, 0.29) is 133 Å². The van der Waals surface area contributed by atoms with E-state index < -0.39 is 95.7 Å². The number of hydrogen-bond donors (Lipinski definition) is 6. The van der Waals surface area contributed by atoms with Crippen molar-refractivity contribution in [3.05, 3.63) is 105 Å². The number of amides is 8. The number of nitrogens with two attached hydrogens (primary N) is 1. The fourth-order valence-corrected chi connectivity index (χ4v) is 19.1. The van der Waals surface area contributed by atoms with E-state index in [9.17, 15) is 47.9 Å². The summed E-state index contributed by atoms with van der Waals surface area (Å²) in [5.74, 6) is -3.54. The monoisotopic (exact) mass is 1900 g/mol. The van der Waals surface area contributed by atoms with Crippen molar-refractivity contribution in [3.8, 4) is 0 Å². The zero-order valence-corrected chi connectivity index (χ0v) is 86.6. The van der Waals surface area contributed by atoms with Crippen molar-refractivity contribution in [2.75, 3.05) is 109 Å². The molecule has 6 rings (SSSR count). The highest BCUT2D eigenvalue weighted by atomic mass is 32.1. The largest absolute Gasteiger partial charge is 0.480 e. The van der Waals surface area contributed by atoms with Crippen LogP contribution >= 0.6 is 22.7 Å². The van der Waals surface area contributed by atoms with Crippen LogP contribution in [0.2, 0.25) is 0 Å². The lowest BCUT2D eigenvalue weighted by Gasteiger charge is -2.41. The van der Waals surface area contributed by atoms with Crippen LogP contribution in [0.25, 0.3) is 0 Å². The molecule has 0 spiro atoms. The van der Waals surface area contributed by atoms with Crippen LogP contribution < -0.4 is 27.2 Å². The number of carboxylic acid groups (broad SMARTS) is 1. The van der Waals surface area contributed by atoms with Gasteiger partial charge in [-0.05, 0) is 141 Å². The lowest BCUT2D eigenvalue weighted by molar-refractivity contribution is -0.149. The van der Waals surface area contributed by atoms with Crippen LogP contribution in [0.4, 0.5) is 9.59 Å². The number of carbonyl (C=O) groups excluding carboxylic acids is 9. The van der Waals surface area contributed by atoms with E-state index >= 15 is 0 Å². The number of nitrogens with one attached hydrogen (secondary N) is 4. The zero-order chi connectivity index (χ0) is 99.9. The summed E-state index contributed by atoms with van der Waals surface area (Å²) in [6.07, 6.45) is 6.06. The maximum Gasteiger partial charge on any atom is 0.431 e. The second-order valence-corrected chi connectivity index (χ2v) is 40.7. The first-order chi connectivity index (χ1) is 62.6. The van der Waals surface area contributed by atoms with Gasteiger partial charge in [0.25, 0.3) is 0 Å². The lowest BCUT2D eigenvalue weighted by Crippen LogP contribution is -2.56. The van der Waals surface area contributed by atoms with Gasteiger partial charge < -0.3 is 79.5 Å². The normalized spacial score (nSPS) is 17.8. The van der Waals surface area contributed by atoms with E-state index in [1.807, 2.05) is 162 Å². The Hall–Kier alpha value is -8.16. The first kappa shape index (κ1) is 117. The molecule has 32 nitrogen and oxygen atoms in total. The smallest absolute Gasteiger partial charge is 0.431 e. The molecule has 0 aliphatic carbocycles. The molecule has 2 saturated heterocycles. The SMILES string of the molecule is CC(C)[C@@H](C(=O)O)N(C)CCONC(=O)OC(C)(C)C.CC[C@H](C)[C@@H]([C@@H](CC(=O)N1CCC[C@H]1[C@H](OC)[C@@H](C)C(=O)N[C@@H](Cc1ccccc1)c1nccs1)OC)N(C)C(=O)[C@@H](CC(=O)[C@H](C(C)C)N(C)CCOCCNC(=O)OC(C)(C)C)C(C)C.CC[C@H](C)[C@@H]([C@@H](CC(=O)N1CCC[C@H]1[C@H](OC)[C@@H](C)C(=O)N[C@@H](Cc1ccccc1)c1nccs1)OC)N(C)C(=O)[C@@H](N)C(C)C. The zero-order valence-electron chi connectivity index (χ0n) is 85.0. The summed E-state index contributed by atoms with van der Waals surface area (Å²) in [7, 11) is 13.5. The van der Waals surface area contributed by atoms with Gasteiger partial charge in [0.1, 0.15) is 27.3 Å². The van der Waals surface area contributed by atoms with E-state index in [2.05, 4.69) is 59.1 Å². The van der Waals surface area contributed by atoms with Crippen LogP contribution in [-0.2, 0) is 89.2 Å². The number of aliphatic carboxylic acids is 1. The van der Waals surface area contributed by atoms with Crippen LogP contribution in [0.3, 0.4) is 0 Å². The molecule has 0 radical (unpaired) electrons. The number of hydroxylamine groups is 1. The number of carbonyl (C=O) groups is 10. The van der Waals surface area contributed by atoms with Crippen molar-refractivity contribution in [3.63, 3.8) is 0 Å². The quantitative estimate of drug-likeness (QED) is 0.0177. The molecule has 2 aromatic carbocycles. The number of nitrogens with zero attached hydrogens (tertiary/aromatic N) is 8. The molecular weight excluding hydrogens is 1740 g/mol. The van der Waals surface area contributed by atoms with Crippen molar-refractivity contribution in [1.82, 2.24) is 60.8 Å². The Morgan fingerprint density at radius 3 is 1.32 bits per heavy atom. The number of thiazole rings is 2. The van der Waals surface area contributed by atoms with E-state index in [1.54, 1.807) is 118 Å². The molecule has 34 heteroatoms. The van der Waals surface area contributed by atoms with Gasteiger partial charge in [0.2, 0.25) is 35.4 Å². The average molecular weight is 1910 g/mol. The molecule has 0 bridgehead atoms. The maximum absolute atomic E-state index is 14.7. The second-order valence-electron chi connectivity index (χ2n) is 38.9. The van der Waals surface area contributed by atoms with Gasteiger partial charge in [-0.2, -0.15) is 5.48 Å². The minimum atomic E-state index is -0.873. The number of methoxy groups -OCH3 is 4. The van der Waals surface area contributed by atoms with Crippen molar-refractivity contribution < 1.29 is 91.0 Å². The fourth-order valence-electron chi connectivity index (χ4n) is 17.7. The van der Waals surface area contributed by atoms with Gasteiger partial charge in [0.05, 0.1) is 117 Å². The molecule has 2 aromatic heterocycles.